The van der Waals surface area contributed by atoms with Crippen molar-refractivity contribution in [3.8, 4) is 0 Å². The normalized spacial score (nSPS) is 16.5. The molecule has 3 N–H and O–H groups in total. The maximum absolute atomic E-state index is 13.9. The molecule has 1 aliphatic rings. The van der Waals surface area contributed by atoms with Crippen LogP contribution in [0.25, 0.3) is 0 Å². The molecule has 0 unspecified atom stereocenters. The number of rotatable bonds is 5. The molecule has 10 nitrogen and oxygen atoms in total. The van der Waals surface area contributed by atoms with Crippen LogP contribution in [0.5, 0.6) is 0 Å². The third kappa shape index (κ3) is 4.00. The zero-order chi connectivity index (χ0) is 24.8. The number of para-hydroxylation sites is 1. The Morgan fingerprint density at radius 3 is 2.53 bits per heavy atom. The van der Waals surface area contributed by atoms with Gasteiger partial charge in [0, 0.05) is 11.1 Å². The number of primary amides is 1. The molecule has 4 rings (SSSR count). The van der Waals surface area contributed by atoms with Gasteiger partial charge in [0.05, 0.1) is 24.5 Å². The van der Waals surface area contributed by atoms with Crippen LogP contribution in [0.2, 0.25) is 0 Å². The molecule has 3 heterocycles. The minimum absolute atomic E-state index is 0.187. The van der Waals surface area contributed by atoms with Crippen molar-refractivity contribution < 1.29 is 23.5 Å². The number of aromatic nitrogens is 4. The summed E-state index contributed by atoms with van der Waals surface area (Å²) >= 11 is 0. The number of H-pyrrole nitrogens is 1. The predicted octanol–water partition coefficient (Wildman–Crippen LogP) is 2.64. The van der Waals surface area contributed by atoms with Gasteiger partial charge in [-0.2, -0.15) is 4.79 Å². The van der Waals surface area contributed by atoms with E-state index in [1.165, 1.54) is 12.5 Å². The van der Waals surface area contributed by atoms with E-state index < -0.39 is 29.2 Å². The molecule has 10 heteroatoms. The summed E-state index contributed by atoms with van der Waals surface area (Å²) in [4.78, 5) is 48.0. The summed E-state index contributed by atoms with van der Waals surface area (Å²) in [7, 11) is 0. The summed E-state index contributed by atoms with van der Waals surface area (Å²) in [6.07, 6.45) is 3.37. The Labute approximate surface area is 197 Å². The lowest BCUT2D eigenvalue weighted by Gasteiger charge is -2.32. The van der Waals surface area contributed by atoms with Crippen LogP contribution >= 0.6 is 0 Å². The maximum atomic E-state index is 13.9. The summed E-state index contributed by atoms with van der Waals surface area (Å²) in [5.41, 5.74) is 6.98. The van der Waals surface area contributed by atoms with Gasteiger partial charge in [-0.3, -0.25) is 9.59 Å². The molecule has 34 heavy (non-hydrogen) atoms. The molecule has 178 valence electrons. The van der Waals surface area contributed by atoms with E-state index in [0.29, 0.717) is 12.1 Å². The van der Waals surface area contributed by atoms with Gasteiger partial charge in [-0.25, -0.2) is 10.7 Å². The molecule has 0 bridgehead atoms. The number of nitrogens with one attached hydrogen (secondary N) is 1. The van der Waals surface area contributed by atoms with Crippen molar-refractivity contribution in [2.75, 3.05) is 4.90 Å². The summed E-state index contributed by atoms with van der Waals surface area (Å²) in [6, 6.07) is 6.14. The number of carbonyl (C=O) groups is 3. The first-order valence-corrected chi connectivity index (χ1v) is 11.2. The van der Waals surface area contributed by atoms with E-state index in [0.717, 1.165) is 15.9 Å². The number of hydrogen-bond acceptors (Lipinski definition) is 6. The number of fused-ring (bicyclic) bond motifs is 1. The van der Waals surface area contributed by atoms with Gasteiger partial charge in [-0.1, -0.05) is 52.8 Å². The monoisotopic (exact) mass is 465 g/mol. The fourth-order valence-corrected chi connectivity index (χ4v) is 4.43. The van der Waals surface area contributed by atoms with Gasteiger partial charge >= 0.3 is 11.9 Å². The average Bonchev–Trinajstić information content (AvgIpc) is 3.50. The lowest BCUT2D eigenvalue weighted by molar-refractivity contribution is -0.637. The number of nitrogens with two attached hydrogens (primary N) is 1. The summed E-state index contributed by atoms with van der Waals surface area (Å²) in [5.74, 6) is -1.61. The highest BCUT2D eigenvalue weighted by Crippen LogP contribution is 2.39. The maximum Gasteiger partial charge on any atom is 0.518 e. The molecule has 0 spiro atoms. The lowest BCUT2D eigenvalue weighted by atomic mass is 9.82. The molecular formula is C24H29N6O4+. The van der Waals surface area contributed by atoms with Gasteiger partial charge < -0.3 is 14.3 Å². The van der Waals surface area contributed by atoms with Crippen LogP contribution in [0, 0.1) is 11.8 Å². The lowest BCUT2D eigenvalue weighted by Crippen LogP contribution is -2.55. The average molecular weight is 466 g/mol. The first-order chi connectivity index (χ1) is 16.0. The first-order valence-electron chi connectivity index (χ1n) is 11.2. The minimum Gasteiger partial charge on any atom is -0.399 e. The van der Waals surface area contributed by atoms with E-state index in [4.69, 9.17) is 10.2 Å². The topological polar surface area (TPSA) is 139 Å². The second-order valence-electron chi connectivity index (χ2n) is 9.89. The van der Waals surface area contributed by atoms with Crippen molar-refractivity contribution in [3.05, 3.63) is 59.8 Å². The van der Waals surface area contributed by atoms with Crippen molar-refractivity contribution in [3.63, 3.8) is 0 Å². The number of nitrogens with zero attached hydrogens (tertiary/aromatic N) is 4. The van der Waals surface area contributed by atoms with E-state index in [1.54, 1.807) is 4.90 Å². The molecular weight excluding hydrogens is 436 g/mol. The van der Waals surface area contributed by atoms with Crippen LogP contribution in [0.3, 0.4) is 0 Å². The molecule has 1 aliphatic heterocycles. The van der Waals surface area contributed by atoms with Crippen molar-refractivity contribution >= 4 is 23.4 Å². The van der Waals surface area contributed by atoms with Gasteiger partial charge in [0.25, 0.3) is 5.91 Å². The molecule has 0 saturated carbocycles. The predicted molar refractivity (Wildman–Crippen MR) is 122 cm³/mol. The van der Waals surface area contributed by atoms with Crippen LogP contribution in [-0.2, 0) is 11.8 Å². The first kappa shape index (κ1) is 23.3. The summed E-state index contributed by atoms with van der Waals surface area (Å²) in [5, 5.41) is 4.17. The van der Waals surface area contributed by atoms with Gasteiger partial charge in [-0.05, 0) is 33.7 Å². The van der Waals surface area contributed by atoms with Gasteiger partial charge in [0.2, 0.25) is 11.7 Å². The molecule has 1 aromatic carbocycles. The van der Waals surface area contributed by atoms with E-state index in [2.05, 4.69) is 15.1 Å². The van der Waals surface area contributed by atoms with Crippen LogP contribution in [-0.4, -0.2) is 38.8 Å². The zero-order valence-electron chi connectivity index (χ0n) is 19.9. The number of ketones is 1. The Balaban J connectivity index is 1.81. The number of benzene rings is 1. The molecule has 0 aliphatic carbocycles. The Morgan fingerprint density at radius 1 is 1.24 bits per heavy atom. The van der Waals surface area contributed by atoms with Gasteiger partial charge in [0.15, 0.2) is 0 Å². The van der Waals surface area contributed by atoms with Crippen LogP contribution in [0.4, 0.5) is 10.5 Å². The number of aromatic amines is 1. The molecule has 0 fully saturated rings. The zero-order valence-corrected chi connectivity index (χ0v) is 19.9. The highest BCUT2D eigenvalue weighted by molar-refractivity contribution is 6.07. The number of imidazole rings is 1. The smallest absolute Gasteiger partial charge is 0.399 e. The Bertz CT molecular complexity index is 1240. The van der Waals surface area contributed by atoms with E-state index in [1.807, 2.05) is 58.9 Å². The van der Waals surface area contributed by atoms with E-state index in [-0.39, 0.29) is 23.6 Å². The fourth-order valence-electron chi connectivity index (χ4n) is 4.43. The van der Waals surface area contributed by atoms with Crippen LogP contribution in [0.15, 0.2) is 41.2 Å². The number of anilines is 1. The Morgan fingerprint density at radius 2 is 1.94 bits per heavy atom. The van der Waals surface area contributed by atoms with Crippen molar-refractivity contribution in [1.29, 1.82) is 0 Å². The quantitative estimate of drug-likeness (QED) is 0.439. The molecule has 3 aromatic rings. The largest absolute Gasteiger partial charge is 0.518 e. The second kappa shape index (κ2) is 8.51. The van der Waals surface area contributed by atoms with Crippen molar-refractivity contribution in [1.82, 2.24) is 15.1 Å². The number of carbonyl (C=O) groups excluding carboxylic acids is 3. The molecule has 2 amide bonds. The van der Waals surface area contributed by atoms with Gasteiger partial charge in [-0.15, -0.1) is 0 Å². The van der Waals surface area contributed by atoms with Crippen LogP contribution in [0.1, 0.15) is 67.2 Å². The Hall–Kier alpha value is -3.82. The van der Waals surface area contributed by atoms with Gasteiger partial charge in [0.1, 0.15) is 5.69 Å². The summed E-state index contributed by atoms with van der Waals surface area (Å²) < 4.78 is 6.64. The van der Waals surface area contributed by atoms with Crippen molar-refractivity contribution in [2.45, 2.75) is 52.5 Å². The summed E-state index contributed by atoms with van der Waals surface area (Å²) in [6.45, 7) is 9.38. The number of hydrogen-bond donors (Lipinski definition) is 2. The standard InChI is InChI=1S/C24H28N6O4/c1-13(2)18(19(31)21-30(23(25)33)28-22(34-21)24(3,4)5)17-10-14-8-6-7-9-16(14)29(17)20(32)15-11-26-12-27-15/h6-9,11-13,17-18H,10H2,1-5H3,(H2-,25,26,27,32,33)/p+1/t17-,18-/m0/s1. The Kier molecular flexibility index (Phi) is 5.84. The van der Waals surface area contributed by atoms with E-state index in [9.17, 15) is 14.4 Å². The molecule has 2 atom stereocenters. The van der Waals surface area contributed by atoms with Crippen molar-refractivity contribution in [2.24, 2.45) is 17.6 Å². The highest BCUT2D eigenvalue weighted by Gasteiger charge is 2.47. The second-order valence-corrected chi connectivity index (χ2v) is 9.89. The third-order valence-corrected chi connectivity index (χ3v) is 6.03. The van der Waals surface area contributed by atoms with E-state index >= 15 is 0 Å². The number of Topliss-reactive ketones (excluding diaryl/α,β-unsaturated/α-hetero) is 1. The van der Waals surface area contributed by atoms with Crippen LogP contribution < -0.4 is 15.3 Å². The third-order valence-electron chi connectivity index (χ3n) is 6.03. The highest BCUT2D eigenvalue weighted by atomic mass is 16.4. The number of amides is 2. The molecule has 0 saturated heterocycles. The molecule has 2 aromatic heterocycles. The fraction of sp³-hybridized carbons (Fsp3) is 0.417. The minimum atomic E-state index is -0.912. The SMILES string of the molecule is CC(C)[C@H](C(=O)c1oc(C(C)(C)C)n[n+]1C(N)=O)[C@@H]1Cc2ccccc2N1C(=O)c1cnc[nH]1. The molecule has 0 radical (unpaired) electrons.